The maximum Gasteiger partial charge on any atom is 0.0468 e. The van der Waals surface area contributed by atoms with Gasteiger partial charge in [0.1, 0.15) is 0 Å². The second-order valence-electron chi connectivity index (χ2n) is 14.8. The molecule has 8 aromatic carbocycles. The molecule has 0 radical (unpaired) electrons. The molecule has 1 nitrogen and oxygen atoms in total. The number of thiophene rings is 2. The number of benzene rings is 8. The Hall–Kier alpha value is -6.52. The third kappa shape index (κ3) is 7.05. The second kappa shape index (κ2) is 15.8. The smallest absolute Gasteiger partial charge is 0.0468 e. The van der Waals surface area contributed by atoms with Crippen LogP contribution in [0.4, 0.5) is 17.1 Å². The summed E-state index contributed by atoms with van der Waals surface area (Å²) in [5.74, 6) is 0. The molecule has 0 spiro atoms. The van der Waals surface area contributed by atoms with Crippen LogP contribution in [0.3, 0.4) is 0 Å². The third-order valence-corrected chi connectivity index (χ3v) is 13.5. The Morgan fingerprint density at radius 1 is 0.483 bits per heavy atom. The molecule has 0 N–H and O–H groups in total. The van der Waals surface area contributed by atoms with E-state index in [9.17, 15) is 0 Å². The van der Waals surface area contributed by atoms with Crippen LogP contribution in [0.25, 0.3) is 63.8 Å². The number of anilines is 3. The molecule has 58 heavy (non-hydrogen) atoms. The first-order valence-electron chi connectivity index (χ1n) is 20.0. The van der Waals surface area contributed by atoms with Crippen LogP contribution in [0.15, 0.2) is 200 Å². The number of hydrogen-bond donors (Lipinski definition) is 0. The maximum absolute atomic E-state index is 2.38. The quantitative estimate of drug-likeness (QED) is 0.125. The van der Waals surface area contributed by atoms with E-state index in [4.69, 9.17) is 0 Å². The van der Waals surface area contributed by atoms with Crippen molar-refractivity contribution in [1.29, 1.82) is 0 Å². The number of nitrogens with zero attached hydrogens (tertiary/aromatic N) is 1. The van der Waals surface area contributed by atoms with Crippen molar-refractivity contribution < 1.29 is 0 Å². The number of para-hydroxylation sites is 1. The van der Waals surface area contributed by atoms with Crippen LogP contribution in [-0.2, 0) is 12.8 Å². The number of hydrogen-bond acceptors (Lipinski definition) is 3. The van der Waals surface area contributed by atoms with Crippen LogP contribution in [-0.4, -0.2) is 0 Å². The molecule has 0 unspecified atom stereocenters. The van der Waals surface area contributed by atoms with Crippen molar-refractivity contribution in [3.8, 4) is 11.1 Å². The summed E-state index contributed by atoms with van der Waals surface area (Å²) >= 11 is 3.70. The Kier molecular flexibility index (Phi) is 9.76. The van der Waals surface area contributed by atoms with Gasteiger partial charge in [-0.05, 0) is 142 Å². The third-order valence-electron chi connectivity index (χ3n) is 11.2. The first-order valence-corrected chi connectivity index (χ1v) is 21.6. The Morgan fingerprint density at radius 2 is 1.17 bits per heavy atom. The van der Waals surface area contributed by atoms with E-state index in [0.717, 1.165) is 29.9 Å². The van der Waals surface area contributed by atoms with Gasteiger partial charge in [-0.25, -0.2) is 0 Å². The summed E-state index contributed by atoms with van der Waals surface area (Å²) in [4.78, 5) is 3.64. The molecule has 0 fully saturated rings. The van der Waals surface area contributed by atoms with E-state index in [2.05, 4.69) is 218 Å². The average molecular weight is 780 g/mol. The van der Waals surface area contributed by atoms with E-state index in [1.807, 2.05) is 22.7 Å². The van der Waals surface area contributed by atoms with E-state index >= 15 is 0 Å². The van der Waals surface area contributed by atoms with Crippen LogP contribution < -0.4 is 4.90 Å². The van der Waals surface area contributed by atoms with E-state index < -0.39 is 0 Å². The minimum atomic E-state index is 0.945. The minimum absolute atomic E-state index is 0.945. The maximum atomic E-state index is 2.38. The molecule has 10 aromatic rings. The highest BCUT2D eigenvalue weighted by Crippen LogP contribution is 2.40. The highest BCUT2D eigenvalue weighted by Gasteiger charge is 2.17. The van der Waals surface area contributed by atoms with Crippen molar-refractivity contribution in [3.05, 3.63) is 222 Å². The van der Waals surface area contributed by atoms with Gasteiger partial charge in [-0.3, -0.25) is 0 Å². The molecular weight excluding hydrogens is 739 g/mol. The standard InChI is InChI=1S/C55H41NS2/c1-2-39(24-30-47-36-43-15-9-11-19-53(43)57-47)48-32-25-42-35-46(29-33-49(42)50(48)31-21-38-13-5-3-6-14-38)56(44-16-7-4-8-17-44)45-27-22-40(23-28-45)41-26-34-55-52(37-41)51-18-10-12-20-54(51)58-55/h2-20,22-30,32-37H,21,31H2,1H3/b30-24-,39-2+. The Morgan fingerprint density at radius 3 is 1.98 bits per heavy atom. The summed E-state index contributed by atoms with van der Waals surface area (Å²) in [6.45, 7) is 2.16. The molecule has 278 valence electrons. The van der Waals surface area contributed by atoms with Gasteiger partial charge in [-0.2, -0.15) is 0 Å². The molecule has 0 bridgehead atoms. The lowest BCUT2D eigenvalue weighted by Crippen LogP contribution is -2.10. The first kappa shape index (κ1) is 35.9. The summed E-state index contributed by atoms with van der Waals surface area (Å²) in [6, 6.07) is 68.8. The molecule has 0 aliphatic heterocycles. The monoisotopic (exact) mass is 779 g/mol. The molecule has 0 aliphatic rings. The second-order valence-corrected chi connectivity index (χ2v) is 17.0. The number of allylic oxidation sites excluding steroid dienone is 3. The van der Waals surface area contributed by atoms with Crippen LogP contribution >= 0.6 is 22.7 Å². The van der Waals surface area contributed by atoms with Crippen LogP contribution in [0.1, 0.15) is 28.5 Å². The van der Waals surface area contributed by atoms with Gasteiger partial charge in [0.15, 0.2) is 0 Å². The topological polar surface area (TPSA) is 3.24 Å². The Balaban J connectivity index is 1.02. The fourth-order valence-corrected chi connectivity index (χ4v) is 10.4. The summed E-state index contributed by atoms with van der Waals surface area (Å²) in [6.07, 6.45) is 8.75. The van der Waals surface area contributed by atoms with Crippen LogP contribution in [0.5, 0.6) is 0 Å². The molecule has 0 atom stereocenters. The lowest BCUT2D eigenvalue weighted by molar-refractivity contribution is 0.965. The van der Waals surface area contributed by atoms with Gasteiger partial charge in [-0.1, -0.05) is 133 Å². The zero-order valence-electron chi connectivity index (χ0n) is 32.3. The fourth-order valence-electron chi connectivity index (χ4n) is 8.31. The number of fused-ring (bicyclic) bond motifs is 5. The van der Waals surface area contributed by atoms with Crippen molar-refractivity contribution in [3.63, 3.8) is 0 Å². The zero-order chi connectivity index (χ0) is 38.8. The van der Waals surface area contributed by atoms with Gasteiger partial charge >= 0.3 is 0 Å². The van der Waals surface area contributed by atoms with Crippen molar-refractivity contribution in [1.82, 2.24) is 0 Å². The van der Waals surface area contributed by atoms with E-state index in [0.29, 0.717) is 0 Å². The van der Waals surface area contributed by atoms with Crippen molar-refractivity contribution in [2.24, 2.45) is 0 Å². The Labute approximate surface area is 348 Å². The molecule has 3 heteroatoms. The first-order chi connectivity index (χ1) is 28.7. The van der Waals surface area contributed by atoms with Gasteiger partial charge in [-0.15, -0.1) is 22.7 Å². The zero-order valence-corrected chi connectivity index (χ0v) is 33.9. The van der Waals surface area contributed by atoms with Crippen molar-refractivity contribution in [2.75, 3.05) is 4.90 Å². The summed E-state index contributed by atoms with van der Waals surface area (Å²) in [5, 5.41) is 6.48. The van der Waals surface area contributed by atoms with Gasteiger partial charge in [0.2, 0.25) is 0 Å². The summed E-state index contributed by atoms with van der Waals surface area (Å²) in [5.41, 5.74) is 11.1. The molecule has 10 rings (SSSR count). The van der Waals surface area contributed by atoms with E-state index in [-0.39, 0.29) is 0 Å². The lowest BCUT2D eigenvalue weighted by atomic mass is 9.89. The molecule has 0 aliphatic carbocycles. The predicted molar refractivity (Wildman–Crippen MR) is 255 cm³/mol. The van der Waals surface area contributed by atoms with Gasteiger partial charge in [0, 0.05) is 46.8 Å². The van der Waals surface area contributed by atoms with Gasteiger partial charge < -0.3 is 4.90 Å². The molecule has 2 heterocycles. The number of rotatable bonds is 10. The van der Waals surface area contributed by atoms with Crippen LogP contribution in [0, 0.1) is 0 Å². The summed E-state index contributed by atoms with van der Waals surface area (Å²) < 4.78 is 3.98. The fraction of sp³-hybridized carbons (Fsp3) is 0.0545. The van der Waals surface area contributed by atoms with Crippen molar-refractivity contribution >= 4 is 92.4 Å². The van der Waals surface area contributed by atoms with Gasteiger partial charge in [0.25, 0.3) is 0 Å². The lowest BCUT2D eigenvalue weighted by Gasteiger charge is -2.26. The summed E-state index contributed by atoms with van der Waals surface area (Å²) in [7, 11) is 0. The molecular formula is C55H41NS2. The number of aryl methyl sites for hydroxylation is 2. The normalized spacial score (nSPS) is 12.1. The van der Waals surface area contributed by atoms with Crippen molar-refractivity contribution in [2.45, 2.75) is 19.8 Å². The Bertz CT molecular complexity index is 3080. The highest BCUT2D eigenvalue weighted by atomic mass is 32.1. The molecule has 2 aromatic heterocycles. The van der Waals surface area contributed by atoms with E-state index in [1.54, 1.807) is 0 Å². The molecule has 0 amide bonds. The molecule has 0 saturated heterocycles. The van der Waals surface area contributed by atoms with Gasteiger partial charge in [0.05, 0.1) is 0 Å². The van der Waals surface area contributed by atoms with E-state index in [1.165, 1.54) is 79.3 Å². The highest BCUT2D eigenvalue weighted by molar-refractivity contribution is 7.25. The molecule has 0 saturated carbocycles. The largest absolute Gasteiger partial charge is 0.310 e. The van der Waals surface area contributed by atoms with Crippen LogP contribution in [0.2, 0.25) is 0 Å². The minimum Gasteiger partial charge on any atom is -0.310 e. The average Bonchev–Trinajstić information content (AvgIpc) is 3.88. The predicted octanol–water partition coefficient (Wildman–Crippen LogP) is 16.5. The SMILES string of the molecule is C/C=C(\C=C/c1cc2ccccc2s1)c1ccc2cc(N(c3ccccc3)c3ccc(-c4ccc5sc6ccccc6c5c4)cc3)ccc2c1CCc1ccccc1.